The molecule has 8 heteroatoms. The molecule has 0 atom stereocenters. The van der Waals surface area contributed by atoms with E-state index in [0.717, 1.165) is 49.6 Å². The van der Waals surface area contributed by atoms with Crippen molar-refractivity contribution in [1.29, 1.82) is 0 Å². The highest BCUT2D eigenvalue weighted by Crippen LogP contribution is 2.31. The molecule has 0 aromatic carbocycles. The number of methoxy groups -OCH3 is 1. The van der Waals surface area contributed by atoms with E-state index in [2.05, 4.69) is 21.9 Å². The first kappa shape index (κ1) is 19.4. The molecule has 0 aliphatic heterocycles. The molecule has 0 spiro atoms. The lowest BCUT2D eigenvalue weighted by Gasteiger charge is -2.10. The van der Waals surface area contributed by atoms with Gasteiger partial charge in [-0.2, -0.15) is 4.98 Å². The third kappa shape index (κ3) is 3.97. The van der Waals surface area contributed by atoms with E-state index in [1.807, 2.05) is 10.6 Å². The van der Waals surface area contributed by atoms with Gasteiger partial charge in [0.05, 0.1) is 26.5 Å². The molecule has 0 amide bonds. The highest BCUT2D eigenvalue weighted by atomic mass is 16.5. The number of ether oxygens (including phenoxy) is 2. The van der Waals surface area contributed by atoms with Gasteiger partial charge in [-0.25, -0.2) is 14.8 Å². The second-order valence-electron chi connectivity index (χ2n) is 7.45. The summed E-state index contributed by atoms with van der Waals surface area (Å²) in [7, 11) is 1.58. The van der Waals surface area contributed by atoms with Gasteiger partial charge < -0.3 is 9.47 Å². The molecular weight excluding hydrogens is 370 g/mol. The SMILES string of the molecule is CCCCOc1ncc2c(n1)n(Cc1ccc(OC)nc1)c(=O)n2C1CCCC1. The molecule has 1 saturated carbocycles. The Morgan fingerprint density at radius 3 is 2.69 bits per heavy atom. The summed E-state index contributed by atoms with van der Waals surface area (Å²) in [6.07, 6.45) is 9.74. The van der Waals surface area contributed by atoms with Crippen LogP contribution in [0, 0.1) is 0 Å². The number of hydrogen-bond donors (Lipinski definition) is 0. The first-order chi connectivity index (χ1) is 14.2. The molecule has 4 rings (SSSR count). The van der Waals surface area contributed by atoms with Crippen LogP contribution in [0.1, 0.15) is 57.1 Å². The van der Waals surface area contributed by atoms with Gasteiger partial charge in [0.2, 0.25) is 5.88 Å². The van der Waals surface area contributed by atoms with E-state index in [-0.39, 0.29) is 11.7 Å². The van der Waals surface area contributed by atoms with Crippen LogP contribution in [-0.4, -0.2) is 37.8 Å². The van der Waals surface area contributed by atoms with Crippen LogP contribution in [0.2, 0.25) is 0 Å². The van der Waals surface area contributed by atoms with E-state index in [9.17, 15) is 4.79 Å². The minimum atomic E-state index is -0.0530. The number of fused-ring (bicyclic) bond motifs is 1. The summed E-state index contributed by atoms with van der Waals surface area (Å²) in [5.41, 5.74) is 2.23. The lowest BCUT2D eigenvalue weighted by molar-refractivity contribution is 0.286. The third-order valence-corrected chi connectivity index (χ3v) is 5.45. The van der Waals surface area contributed by atoms with E-state index in [4.69, 9.17) is 9.47 Å². The van der Waals surface area contributed by atoms with E-state index < -0.39 is 0 Å². The maximum Gasteiger partial charge on any atom is 0.330 e. The molecule has 3 aromatic rings. The van der Waals surface area contributed by atoms with Gasteiger partial charge in [0, 0.05) is 18.3 Å². The maximum atomic E-state index is 13.3. The lowest BCUT2D eigenvalue weighted by atomic mass is 10.2. The zero-order chi connectivity index (χ0) is 20.2. The standard InChI is InChI=1S/C21H27N5O3/c1-3-4-11-29-20-23-13-17-19(24-20)25(14-15-9-10-18(28-2)22-12-15)21(27)26(17)16-7-5-6-8-16/h9-10,12-13,16H,3-8,11,14H2,1-2H3. The number of rotatable bonds is 8. The fourth-order valence-corrected chi connectivity index (χ4v) is 3.89. The second kappa shape index (κ2) is 8.63. The molecule has 29 heavy (non-hydrogen) atoms. The number of pyridine rings is 1. The fourth-order valence-electron chi connectivity index (χ4n) is 3.89. The average Bonchev–Trinajstić information content (AvgIpc) is 3.36. The fraction of sp³-hybridized carbons (Fsp3) is 0.524. The predicted molar refractivity (Wildman–Crippen MR) is 110 cm³/mol. The Morgan fingerprint density at radius 1 is 1.17 bits per heavy atom. The summed E-state index contributed by atoms with van der Waals surface area (Å²) in [5, 5.41) is 0. The van der Waals surface area contributed by atoms with Crippen LogP contribution >= 0.6 is 0 Å². The van der Waals surface area contributed by atoms with Crippen LogP contribution in [0.15, 0.2) is 29.3 Å². The van der Waals surface area contributed by atoms with E-state index in [0.29, 0.717) is 30.7 Å². The highest BCUT2D eigenvalue weighted by molar-refractivity contribution is 5.71. The molecule has 0 radical (unpaired) electrons. The molecule has 154 valence electrons. The molecule has 0 bridgehead atoms. The number of nitrogens with zero attached hydrogens (tertiary/aromatic N) is 5. The second-order valence-corrected chi connectivity index (χ2v) is 7.45. The Kier molecular flexibility index (Phi) is 5.78. The van der Waals surface area contributed by atoms with Crippen LogP contribution in [0.5, 0.6) is 11.9 Å². The van der Waals surface area contributed by atoms with Crippen LogP contribution < -0.4 is 15.2 Å². The summed E-state index contributed by atoms with van der Waals surface area (Å²) >= 11 is 0. The topological polar surface area (TPSA) is 84.1 Å². The molecule has 8 nitrogen and oxygen atoms in total. The molecule has 3 heterocycles. The van der Waals surface area contributed by atoms with Crippen LogP contribution in [0.3, 0.4) is 0 Å². The molecule has 1 aliphatic carbocycles. The van der Waals surface area contributed by atoms with E-state index >= 15 is 0 Å². The molecule has 3 aromatic heterocycles. The molecule has 1 aliphatic rings. The molecule has 0 N–H and O–H groups in total. The monoisotopic (exact) mass is 397 g/mol. The third-order valence-electron chi connectivity index (χ3n) is 5.45. The van der Waals surface area contributed by atoms with Gasteiger partial charge in [0.15, 0.2) is 5.65 Å². The Bertz CT molecular complexity index is 1020. The van der Waals surface area contributed by atoms with Gasteiger partial charge in [-0.1, -0.05) is 32.3 Å². The van der Waals surface area contributed by atoms with Crippen LogP contribution in [0.4, 0.5) is 0 Å². The first-order valence-corrected chi connectivity index (χ1v) is 10.3. The summed E-state index contributed by atoms with van der Waals surface area (Å²) in [6.45, 7) is 3.06. The summed E-state index contributed by atoms with van der Waals surface area (Å²) in [6, 6.07) is 4.23. The average molecular weight is 397 g/mol. The Labute approximate surface area is 169 Å². The maximum absolute atomic E-state index is 13.3. The van der Waals surface area contributed by atoms with Crippen molar-refractivity contribution in [3.05, 3.63) is 40.6 Å². The van der Waals surface area contributed by atoms with Crippen LogP contribution in [0.25, 0.3) is 11.2 Å². The zero-order valence-electron chi connectivity index (χ0n) is 17.0. The molecular formula is C21H27N5O3. The Balaban J connectivity index is 1.75. The van der Waals surface area contributed by atoms with Crippen molar-refractivity contribution >= 4 is 11.2 Å². The van der Waals surface area contributed by atoms with Crippen molar-refractivity contribution in [3.63, 3.8) is 0 Å². The largest absolute Gasteiger partial charge is 0.481 e. The summed E-state index contributed by atoms with van der Waals surface area (Å²) < 4.78 is 14.4. The van der Waals surface area contributed by atoms with E-state index in [1.165, 1.54) is 0 Å². The zero-order valence-corrected chi connectivity index (χ0v) is 17.0. The normalized spacial score (nSPS) is 14.6. The minimum absolute atomic E-state index is 0.0530. The van der Waals surface area contributed by atoms with Gasteiger partial charge in [-0.05, 0) is 24.8 Å². The Hall–Kier alpha value is -2.90. The van der Waals surface area contributed by atoms with Crippen molar-refractivity contribution < 1.29 is 9.47 Å². The first-order valence-electron chi connectivity index (χ1n) is 10.3. The smallest absolute Gasteiger partial charge is 0.330 e. The van der Waals surface area contributed by atoms with E-state index in [1.54, 1.807) is 30.1 Å². The van der Waals surface area contributed by atoms with Crippen molar-refractivity contribution in [1.82, 2.24) is 24.1 Å². The molecule has 0 unspecified atom stereocenters. The van der Waals surface area contributed by atoms with Gasteiger partial charge >= 0.3 is 11.7 Å². The molecule has 0 saturated heterocycles. The van der Waals surface area contributed by atoms with Gasteiger partial charge in [0.1, 0.15) is 5.52 Å². The predicted octanol–water partition coefficient (Wildman–Crippen LogP) is 3.34. The minimum Gasteiger partial charge on any atom is -0.481 e. The lowest BCUT2D eigenvalue weighted by Crippen LogP contribution is -2.27. The van der Waals surface area contributed by atoms with Crippen molar-refractivity contribution in [2.45, 2.75) is 58.0 Å². The van der Waals surface area contributed by atoms with Crippen molar-refractivity contribution in [3.8, 4) is 11.9 Å². The number of aromatic nitrogens is 5. The number of hydrogen-bond acceptors (Lipinski definition) is 6. The van der Waals surface area contributed by atoms with Crippen molar-refractivity contribution in [2.75, 3.05) is 13.7 Å². The van der Waals surface area contributed by atoms with Crippen molar-refractivity contribution in [2.24, 2.45) is 0 Å². The Morgan fingerprint density at radius 2 is 2.00 bits per heavy atom. The van der Waals surface area contributed by atoms with Gasteiger partial charge in [0.25, 0.3) is 0 Å². The van der Waals surface area contributed by atoms with Gasteiger partial charge in [-0.3, -0.25) is 9.13 Å². The highest BCUT2D eigenvalue weighted by Gasteiger charge is 2.25. The summed E-state index contributed by atoms with van der Waals surface area (Å²) in [5.74, 6) is 0.545. The van der Waals surface area contributed by atoms with Crippen LogP contribution in [-0.2, 0) is 6.54 Å². The number of imidazole rings is 1. The van der Waals surface area contributed by atoms with Gasteiger partial charge in [-0.15, -0.1) is 0 Å². The quantitative estimate of drug-likeness (QED) is 0.542. The summed E-state index contributed by atoms with van der Waals surface area (Å²) in [4.78, 5) is 26.6. The number of unbranched alkanes of at least 4 members (excludes halogenated alkanes) is 1. The molecule has 1 fully saturated rings.